The average Bonchev–Trinajstić information content (AvgIpc) is 2.28. The molecule has 0 atom stereocenters. The summed E-state index contributed by atoms with van der Waals surface area (Å²) in [4.78, 5) is 0.00181. The zero-order valence-corrected chi connectivity index (χ0v) is 12.8. The summed E-state index contributed by atoms with van der Waals surface area (Å²) in [7, 11) is -2.33. The van der Waals surface area contributed by atoms with Gasteiger partial charge in [-0.25, -0.2) is 4.57 Å². The number of rotatable bonds is 2. The highest BCUT2D eigenvalue weighted by Crippen LogP contribution is 2.32. The zero-order valence-electron chi connectivity index (χ0n) is 12.0. The lowest BCUT2D eigenvalue weighted by atomic mass is 9.96. The predicted octanol–water partition coefficient (Wildman–Crippen LogP) is 2.35. The minimum atomic E-state index is -4.23. The number of aromatic nitrogens is 1. The summed E-state index contributed by atoms with van der Waals surface area (Å²) in [6.45, 7) is 5.36. The van der Waals surface area contributed by atoms with E-state index in [2.05, 4.69) is 0 Å². The molecule has 0 aliphatic heterocycles. The van der Waals surface area contributed by atoms with E-state index in [1.165, 1.54) is 0 Å². The molecule has 0 aliphatic carbocycles. The lowest BCUT2D eigenvalue weighted by molar-refractivity contribution is -0.660. The third-order valence-electron chi connectivity index (χ3n) is 3.47. The fraction of sp³-hybridized carbons (Fsp3) is 0.267. The van der Waals surface area contributed by atoms with E-state index in [4.69, 9.17) is 0 Å². The molecular weight excluding hydrogens is 274 g/mol. The third kappa shape index (κ3) is 2.46. The summed E-state index contributed by atoms with van der Waals surface area (Å²) in [5.41, 5.74) is 3.87. The van der Waals surface area contributed by atoms with Crippen LogP contribution in [0, 0.1) is 20.8 Å². The predicted molar refractivity (Wildman–Crippen MR) is 77.1 cm³/mol. The molecule has 0 amide bonds. The molecular formula is C15H18NO3S+. The second-order valence-electron chi connectivity index (χ2n) is 5.01. The van der Waals surface area contributed by atoms with Crippen LogP contribution in [-0.4, -0.2) is 13.0 Å². The SMILES string of the molecule is Cc1cc(C)c(S(=O)(=O)O)c(C)c1-c1cccc[n+]1C. The number of nitrogens with zero attached hydrogens (tertiary/aromatic N) is 1. The molecule has 2 rings (SSSR count). The standard InChI is InChI=1S/C15H17NO3S/c1-10-9-11(2)15(20(17,18)19)12(3)14(10)13-7-5-6-8-16(13)4/h5-9H,1-4H3/p+1. The van der Waals surface area contributed by atoms with Gasteiger partial charge in [0.25, 0.3) is 10.1 Å². The van der Waals surface area contributed by atoms with Crippen LogP contribution >= 0.6 is 0 Å². The molecule has 5 heteroatoms. The van der Waals surface area contributed by atoms with Crippen LogP contribution in [0.2, 0.25) is 0 Å². The quantitative estimate of drug-likeness (QED) is 0.683. The van der Waals surface area contributed by atoms with Crippen molar-refractivity contribution < 1.29 is 17.5 Å². The van der Waals surface area contributed by atoms with Crippen molar-refractivity contribution in [2.45, 2.75) is 25.7 Å². The Kier molecular flexibility index (Phi) is 3.67. The van der Waals surface area contributed by atoms with Crippen LogP contribution in [0.3, 0.4) is 0 Å². The van der Waals surface area contributed by atoms with Crippen molar-refractivity contribution in [1.82, 2.24) is 0 Å². The van der Waals surface area contributed by atoms with Crippen molar-refractivity contribution >= 4 is 10.1 Å². The van der Waals surface area contributed by atoms with Gasteiger partial charge in [-0.15, -0.1) is 0 Å². The van der Waals surface area contributed by atoms with E-state index in [0.29, 0.717) is 11.1 Å². The molecule has 0 spiro atoms. The molecule has 0 unspecified atom stereocenters. The van der Waals surface area contributed by atoms with Gasteiger partial charge in [-0.1, -0.05) is 6.07 Å². The molecule has 1 N–H and O–H groups in total. The second-order valence-corrected chi connectivity index (χ2v) is 6.37. The van der Waals surface area contributed by atoms with Gasteiger partial charge in [0.1, 0.15) is 11.9 Å². The molecule has 0 fully saturated rings. The summed E-state index contributed by atoms with van der Waals surface area (Å²) < 4.78 is 34.6. The molecule has 20 heavy (non-hydrogen) atoms. The monoisotopic (exact) mass is 292 g/mol. The van der Waals surface area contributed by atoms with Crippen LogP contribution in [0.5, 0.6) is 0 Å². The molecule has 2 aromatic rings. The molecule has 4 nitrogen and oxygen atoms in total. The molecule has 0 saturated heterocycles. The highest BCUT2D eigenvalue weighted by Gasteiger charge is 2.24. The molecule has 1 heterocycles. The summed E-state index contributed by atoms with van der Waals surface area (Å²) in [5.74, 6) is 0. The van der Waals surface area contributed by atoms with Crippen LogP contribution in [0.25, 0.3) is 11.3 Å². The zero-order chi connectivity index (χ0) is 15.1. The molecule has 1 aromatic heterocycles. The number of aryl methyl sites for hydroxylation is 3. The Balaban J connectivity index is 2.89. The van der Waals surface area contributed by atoms with Crippen molar-refractivity contribution in [2.75, 3.05) is 0 Å². The first kappa shape index (κ1) is 14.7. The third-order valence-corrected chi connectivity index (χ3v) is 4.61. The van der Waals surface area contributed by atoms with E-state index in [-0.39, 0.29) is 4.90 Å². The first-order chi connectivity index (χ1) is 9.23. The van der Waals surface area contributed by atoms with Gasteiger partial charge < -0.3 is 0 Å². The van der Waals surface area contributed by atoms with E-state index in [0.717, 1.165) is 16.8 Å². The van der Waals surface area contributed by atoms with E-state index in [1.54, 1.807) is 19.9 Å². The summed E-state index contributed by atoms with van der Waals surface area (Å²) in [6.07, 6.45) is 1.90. The first-order valence-corrected chi connectivity index (χ1v) is 7.71. The van der Waals surface area contributed by atoms with E-state index in [9.17, 15) is 13.0 Å². The van der Waals surface area contributed by atoms with Gasteiger partial charge in [0.2, 0.25) is 5.69 Å². The maximum absolute atomic E-state index is 11.6. The number of hydrogen-bond acceptors (Lipinski definition) is 2. The minimum absolute atomic E-state index is 0.00181. The summed E-state index contributed by atoms with van der Waals surface area (Å²) in [6, 6.07) is 7.53. The second kappa shape index (κ2) is 5.00. The van der Waals surface area contributed by atoms with E-state index >= 15 is 0 Å². The van der Waals surface area contributed by atoms with Gasteiger partial charge in [-0.3, -0.25) is 4.55 Å². The molecule has 0 bridgehead atoms. The fourth-order valence-corrected chi connectivity index (χ4v) is 3.70. The smallest absolute Gasteiger partial charge is 0.282 e. The lowest BCUT2D eigenvalue weighted by Gasteiger charge is -2.14. The summed E-state index contributed by atoms with van der Waals surface area (Å²) >= 11 is 0. The van der Waals surface area contributed by atoms with Crippen molar-refractivity contribution in [3.8, 4) is 11.3 Å². The van der Waals surface area contributed by atoms with Gasteiger partial charge in [0.15, 0.2) is 6.20 Å². The van der Waals surface area contributed by atoms with E-state index in [1.807, 2.05) is 42.9 Å². The van der Waals surface area contributed by atoms with Crippen LogP contribution in [0.4, 0.5) is 0 Å². The topological polar surface area (TPSA) is 58.3 Å². The molecule has 0 aliphatic rings. The number of pyridine rings is 1. The Labute approximate surface area is 119 Å². The Morgan fingerprint density at radius 1 is 1.10 bits per heavy atom. The Bertz CT molecular complexity index is 780. The van der Waals surface area contributed by atoms with Gasteiger partial charge in [-0.05, 0) is 43.5 Å². The van der Waals surface area contributed by atoms with Gasteiger partial charge in [0, 0.05) is 12.1 Å². The van der Waals surface area contributed by atoms with Crippen molar-refractivity contribution in [1.29, 1.82) is 0 Å². The fourth-order valence-electron chi connectivity index (χ4n) is 2.74. The highest BCUT2D eigenvalue weighted by atomic mass is 32.2. The average molecular weight is 292 g/mol. The Hall–Kier alpha value is -1.72. The van der Waals surface area contributed by atoms with Crippen LogP contribution in [-0.2, 0) is 17.2 Å². The van der Waals surface area contributed by atoms with Crippen LogP contribution in [0.15, 0.2) is 35.4 Å². The maximum Gasteiger partial charge on any atom is 0.295 e. The van der Waals surface area contributed by atoms with Gasteiger partial charge in [-0.2, -0.15) is 8.42 Å². The summed E-state index contributed by atoms with van der Waals surface area (Å²) in [5, 5.41) is 0. The van der Waals surface area contributed by atoms with Gasteiger partial charge in [0.05, 0.1) is 5.56 Å². The van der Waals surface area contributed by atoms with Crippen molar-refractivity contribution in [3.63, 3.8) is 0 Å². The van der Waals surface area contributed by atoms with Crippen molar-refractivity contribution in [2.24, 2.45) is 7.05 Å². The maximum atomic E-state index is 11.6. The largest absolute Gasteiger partial charge is 0.295 e. The Morgan fingerprint density at radius 2 is 1.75 bits per heavy atom. The lowest BCUT2D eigenvalue weighted by Crippen LogP contribution is -2.30. The molecule has 0 saturated carbocycles. The minimum Gasteiger partial charge on any atom is -0.282 e. The molecule has 1 aromatic carbocycles. The number of benzene rings is 1. The number of hydrogen-bond donors (Lipinski definition) is 1. The van der Waals surface area contributed by atoms with Crippen LogP contribution < -0.4 is 4.57 Å². The highest BCUT2D eigenvalue weighted by molar-refractivity contribution is 7.86. The molecule has 106 valence electrons. The van der Waals surface area contributed by atoms with Gasteiger partial charge >= 0.3 is 0 Å². The van der Waals surface area contributed by atoms with Crippen LogP contribution in [0.1, 0.15) is 16.7 Å². The van der Waals surface area contributed by atoms with E-state index < -0.39 is 10.1 Å². The Morgan fingerprint density at radius 3 is 2.30 bits per heavy atom. The first-order valence-electron chi connectivity index (χ1n) is 6.27. The molecule has 0 radical (unpaired) electrons. The normalized spacial score (nSPS) is 11.7. The van der Waals surface area contributed by atoms with Crippen molar-refractivity contribution in [3.05, 3.63) is 47.2 Å².